The highest BCUT2D eigenvalue weighted by Crippen LogP contribution is 2.32. The molecule has 9 nitrogen and oxygen atoms in total. The number of amides is 3. The molecule has 0 radical (unpaired) electrons. The zero-order valence-electron chi connectivity index (χ0n) is 24.0. The van der Waals surface area contributed by atoms with Crippen LogP contribution in [0.5, 0.6) is 5.75 Å². The molecule has 0 spiro atoms. The van der Waals surface area contributed by atoms with Crippen LogP contribution in [-0.4, -0.2) is 66.4 Å². The normalized spacial score (nSPS) is 10.9. The first-order valence-electron chi connectivity index (χ1n) is 14.3. The summed E-state index contributed by atoms with van der Waals surface area (Å²) in [7, 11) is 0. The van der Waals surface area contributed by atoms with E-state index in [2.05, 4.69) is 16.0 Å². The molecule has 0 saturated carbocycles. The summed E-state index contributed by atoms with van der Waals surface area (Å²) in [6, 6.07) is 33.2. The molecule has 4 rings (SSSR count). The predicted molar refractivity (Wildman–Crippen MR) is 168 cm³/mol. The van der Waals surface area contributed by atoms with Gasteiger partial charge in [0.2, 0.25) is 0 Å². The van der Waals surface area contributed by atoms with Crippen molar-refractivity contribution in [3.8, 4) is 5.75 Å². The summed E-state index contributed by atoms with van der Waals surface area (Å²) in [5, 5.41) is 27.0. The standard InChI is InChI=1S/C34H38N4O5/c39-23-21-38(22-24-40)20-10-19-35-33(41)30-25-29(37-34(42)36-28-15-8-3-9-16-28)17-18-31(30)43-32(26-11-4-1-5-12-26)27-13-6-2-7-14-27/h1-9,11-18,25,32,39-40H,10,19-24H2,(H,35,41)(H2,36,37,42). The Morgan fingerprint density at radius 3 is 1.84 bits per heavy atom. The number of carbonyl (C=O) groups excluding carboxylic acids is 2. The lowest BCUT2D eigenvalue weighted by molar-refractivity contribution is 0.0943. The zero-order valence-corrected chi connectivity index (χ0v) is 24.0. The number of carbonyl (C=O) groups is 2. The molecule has 4 aromatic rings. The highest BCUT2D eigenvalue weighted by Gasteiger charge is 2.21. The maximum Gasteiger partial charge on any atom is 0.323 e. The quantitative estimate of drug-likeness (QED) is 0.127. The molecular weight excluding hydrogens is 544 g/mol. The van der Waals surface area contributed by atoms with Gasteiger partial charge >= 0.3 is 6.03 Å². The highest BCUT2D eigenvalue weighted by atomic mass is 16.5. The van der Waals surface area contributed by atoms with Crippen LogP contribution in [-0.2, 0) is 0 Å². The molecule has 0 saturated heterocycles. The monoisotopic (exact) mass is 582 g/mol. The Kier molecular flexibility index (Phi) is 12.1. The first kappa shape index (κ1) is 31.2. The van der Waals surface area contributed by atoms with Gasteiger partial charge in [-0.25, -0.2) is 4.79 Å². The Hall–Kier alpha value is -4.70. The minimum atomic E-state index is -0.473. The summed E-state index contributed by atoms with van der Waals surface area (Å²) in [4.78, 5) is 28.1. The number of urea groups is 1. The lowest BCUT2D eigenvalue weighted by atomic mass is 10.0. The number of hydrogen-bond acceptors (Lipinski definition) is 6. The summed E-state index contributed by atoms with van der Waals surface area (Å²) in [6.45, 7) is 1.87. The average Bonchev–Trinajstić information content (AvgIpc) is 3.03. The fourth-order valence-electron chi connectivity index (χ4n) is 4.63. The molecule has 0 heterocycles. The van der Waals surface area contributed by atoms with Gasteiger partial charge in [0.25, 0.3) is 5.91 Å². The Balaban J connectivity index is 1.56. The zero-order chi connectivity index (χ0) is 30.3. The molecule has 0 aliphatic heterocycles. The number of nitrogens with one attached hydrogen (secondary N) is 3. The van der Waals surface area contributed by atoms with Gasteiger partial charge < -0.3 is 30.9 Å². The van der Waals surface area contributed by atoms with E-state index in [1.807, 2.05) is 83.8 Å². The number of rotatable bonds is 15. The lowest BCUT2D eigenvalue weighted by Crippen LogP contribution is -2.33. The SMILES string of the molecule is O=C(Nc1ccccc1)Nc1ccc(OC(c2ccccc2)c2ccccc2)c(C(=O)NCCCN(CCO)CCO)c1. The molecule has 0 aromatic heterocycles. The van der Waals surface area contributed by atoms with Crippen molar-refractivity contribution in [1.82, 2.24) is 10.2 Å². The van der Waals surface area contributed by atoms with Gasteiger partial charge in [-0.1, -0.05) is 78.9 Å². The molecule has 0 unspecified atom stereocenters. The molecule has 224 valence electrons. The number of anilines is 2. The molecule has 0 aliphatic rings. The van der Waals surface area contributed by atoms with Gasteiger partial charge in [0.1, 0.15) is 11.9 Å². The van der Waals surface area contributed by atoms with E-state index in [1.165, 1.54) is 0 Å². The third-order valence-corrected chi connectivity index (χ3v) is 6.73. The predicted octanol–water partition coefficient (Wildman–Crippen LogP) is 4.91. The molecule has 0 atom stereocenters. The van der Waals surface area contributed by atoms with Crippen LogP contribution in [0, 0.1) is 0 Å². The number of ether oxygens (including phenoxy) is 1. The molecule has 0 fully saturated rings. The lowest BCUT2D eigenvalue weighted by Gasteiger charge is -2.23. The first-order chi connectivity index (χ1) is 21.1. The minimum Gasteiger partial charge on any atom is -0.480 e. The summed E-state index contributed by atoms with van der Waals surface area (Å²) in [5.74, 6) is 0.0178. The largest absolute Gasteiger partial charge is 0.480 e. The van der Waals surface area contributed by atoms with E-state index in [0.29, 0.717) is 49.7 Å². The minimum absolute atomic E-state index is 0.00526. The Labute approximate surface area is 252 Å². The van der Waals surface area contributed by atoms with E-state index >= 15 is 0 Å². The van der Waals surface area contributed by atoms with Crippen LogP contribution >= 0.6 is 0 Å². The van der Waals surface area contributed by atoms with Crippen molar-refractivity contribution in [3.05, 3.63) is 126 Å². The van der Waals surface area contributed by atoms with Crippen molar-refractivity contribution in [2.24, 2.45) is 0 Å². The maximum absolute atomic E-state index is 13.5. The summed E-state index contributed by atoms with van der Waals surface area (Å²) < 4.78 is 6.55. The Bertz CT molecular complexity index is 1380. The van der Waals surface area contributed by atoms with Gasteiger partial charge in [-0.2, -0.15) is 0 Å². The third kappa shape index (κ3) is 9.68. The number of nitrogens with zero attached hydrogens (tertiary/aromatic N) is 1. The molecule has 0 aliphatic carbocycles. The van der Waals surface area contributed by atoms with Crippen molar-refractivity contribution >= 4 is 23.3 Å². The summed E-state index contributed by atoms with van der Waals surface area (Å²) in [6.07, 6.45) is 0.149. The van der Waals surface area contributed by atoms with Gasteiger partial charge in [-0.15, -0.1) is 0 Å². The van der Waals surface area contributed by atoms with E-state index in [1.54, 1.807) is 30.3 Å². The number of aliphatic hydroxyl groups excluding tert-OH is 2. The van der Waals surface area contributed by atoms with Crippen LogP contribution in [0.2, 0.25) is 0 Å². The summed E-state index contributed by atoms with van der Waals surface area (Å²) >= 11 is 0. The Morgan fingerprint density at radius 1 is 0.698 bits per heavy atom. The highest BCUT2D eigenvalue weighted by molar-refractivity contribution is 6.02. The molecule has 43 heavy (non-hydrogen) atoms. The second-order valence-corrected chi connectivity index (χ2v) is 9.87. The number of para-hydroxylation sites is 1. The van der Waals surface area contributed by atoms with Crippen LogP contribution in [0.15, 0.2) is 109 Å². The van der Waals surface area contributed by atoms with Crippen LogP contribution in [0.25, 0.3) is 0 Å². The molecule has 5 N–H and O–H groups in total. The molecule has 0 bridgehead atoms. The number of aliphatic hydroxyl groups is 2. The molecule has 4 aromatic carbocycles. The van der Waals surface area contributed by atoms with Gasteiger partial charge in [-0.3, -0.25) is 9.69 Å². The van der Waals surface area contributed by atoms with Crippen LogP contribution in [0.3, 0.4) is 0 Å². The smallest absolute Gasteiger partial charge is 0.323 e. The van der Waals surface area contributed by atoms with E-state index < -0.39 is 12.1 Å². The van der Waals surface area contributed by atoms with E-state index in [0.717, 1.165) is 11.1 Å². The number of benzene rings is 4. The average molecular weight is 583 g/mol. The van der Waals surface area contributed by atoms with E-state index in [4.69, 9.17) is 4.74 Å². The van der Waals surface area contributed by atoms with Gasteiger partial charge in [0, 0.05) is 31.0 Å². The van der Waals surface area contributed by atoms with E-state index in [-0.39, 0.29) is 24.7 Å². The van der Waals surface area contributed by atoms with Gasteiger partial charge in [0.05, 0.1) is 18.8 Å². The van der Waals surface area contributed by atoms with Crippen molar-refractivity contribution in [3.63, 3.8) is 0 Å². The fourth-order valence-corrected chi connectivity index (χ4v) is 4.63. The van der Waals surface area contributed by atoms with Crippen LogP contribution in [0.1, 0.15) is 34.0 Å². The van der Waals surface area contributed by atoms with Crippen LogP contribution in [0.4, 0.5) is 16.2 Å². The first-order valence-corrected chi connectivity index (χ1v) is 14.3. The molecule has 3 amide bonds. The van der Waals surface area contributed by atoms with Crippen molar-refractivity contribution < 1.29 is 24.5 Å². The number of hydrogen-bond donors (Lipinski definition) is 5. The maximum atomic E-state index is 13.5. The van der Waals surface area contributed by atoms with Gasteiger partial charge in [-0.05, 0) is 54.4 Å². The third-order valence-electron chi connectivity index (χ3n) is 6.73. The van der Waals surface area contributed by atoms with Crippen molar-refractivity contribution in [2.75, 3.05) is 50.0 Å². The summed E-state index contributed by atoms with van der Waals surface area (Å²) in [5.41, 5.74) is 3.20. The van der Waals surface area contributed by atoms with Crippen molar-refractivity contribution in [1.29, 1.82) is 0 Å². The Morgan fingerprint density at radius 2 is 1.26 bits per heavy atom. The van der Waals surface area contributed by atoms with E-state index in [9.17, 15) is 19.8 Å². The van der Waals surface area contributed by atoms with Crippen LogP contribution < -0.4 is 20.7 Å². The van der Waals surface area contributed by atoms with Gasteiger partial charge in [0.15, 0.2) is 0 Å². The molecular formula is C34H38N4O5. The topological polar surface area (TPSA) is 123 Å². The second-order valence-electron chi connectivity index (χ2n) is 9.87. The fraction of sp³-hybridized carbons (Fsp3) is 0.235. The molecule has 9 heteroatoms. The van der Waals surface area contributed by atoms with Crippen molar-refractivity contribution in [2.45, 2.75) is 12.5 Å². The second kappa shape index (κ2) is 16.7.